The van der Waals surface area contributed by atoms with E-state index >= 15 is 0 Å². The lowest BCUT2D eigenvalue weighted by atomic mass is 10.0. The number of anilines is 1. The van der Waals surface area contributed by atoms with Gasteiger partial charge in [-0.05, 0) is 83.0 Å². The van der Waals surface area contributed by atoms with Gasteiger partial charge in [0.2, 0.25) is 0 Å². The highest BCUT2D eigenvalue weighted by atomic mass is 15.3. The molecule has 7 nitrogen and oxygen atoms in total. The van der Waals surface area contributed by atoms with Crippen molar-refractivity contribution >= 4 is 11.5 Å². The molecule has 5 heterocycles. The summed E-state index contributed by atoms with van der Waals surface area (Å²) in [5, 5.41) is 13.2. The third-order valence-electron chi connectivity index (χ3n) is 7.26. The summed E-state index contributed by atoms with van der Waals surface area (Å²) in [6, 6.07) is 13.5. The van der Waals surface area contributed by atoms with Gasteiger partial charge in [0.05, 0.1) is 18.1 Å². The van der Waals surface area contributed by atoms with Crippen molar-refractivity contribution in [1.82, 2.24) is 29.7 Å². The number of likely N-dealkylation sites (tertiary alicyclic amines) is 1. The average molecular weight is 454 g/mol. The zero-order valence-electron chi connectivity index (χ0n) is 20.0. The second-order valence-electron chi connectivity index (χ2n) is 9.74. The zero-order chi connectivity index (χ0) is 23.1. The Morgan fingerprint density at radius 2 is 1.59 bits per heavy atom. The zero-order valence-corrected chi connectivity index (χ0v) is 20.0. The van der Waals surface area contributed by atoms with E-state index in [2.05, 4.69) is 64.2 Å². The van der Waals surface area contributed by atoms with Gasteiger partial charge in [-0.2, -0.15) is 10.2 Å². The Labute approximate surface area is 200 Å². The lowest BCUT2D eigenvalue weighted by Gasteiger charge is -2.37. The lowest BCUT2D eigenvalue weighted by molar-refractivity contribution is 0.207. The third kappa shape index (κ3) is 3.94. The molecule has 2 aliphatic heterocycles. The Morgan fingerprint density at radius 1 is 0.824 bits per heavy atom. The number of aromatic nitrogens is 5. The molecule has 0 spiro atoms. The number of imidazole rings is 1. The highest BCUT2D eigenvalue weighted by Crippen LogP contribution is 2.34. The van der Waals surface area contributed by atoms with Crippen molar-refractivity contribution < 1.29 is 0 Å². The number of rotatable bonds is 4. The Bertz CT molecular complexity index is 1280. The van der Waals surface area contributed by atoms with Crippen LogP contribution in [-0.2, 0) is 0 Å². The predicted octanol–water partition coefficient (Wildman–Crippen LogP) is 4.53. The van der Waals surface area contributed by atoms with Gasteiger partial charge in [0.15, 0.2) is 5.65 Å². The molecule has 0 saturated carbocycles. The van der Waals surface area contributed by atoms with Gasteiger partial charge in [-0.3, -0.25) is 0 Å². The molecule has 0 bridgehead atoms. The van der Waals surface area contributed by atoms with Crippen molar-refractivity contribution in [3.63, 3.8) is 0 Å². The van der Waals surface area contributed by atoms with E-state index < -0.39 is 0 Å². The minimum Gasteiger partial charge on any atom is -0.355 e. The van der Waals surface area contributed by atoms with Gasteiger partial charge < -0.3 is 9.80 Å². The van der Waals surface area contributed by atoms with Gasteiger partial charge in [0.1, 0.15) is 11.5 Å². The monoisotopic (exact) mass is 453 g/mol. The smallest absolute Gasteiger partial charge is 0.155 e. The highest BCUT2D eigenvalue weighted by Gasteiger charge is 2.27. The van der Waals surface area contributed by atoms with Crippen molar-refractivity contribution in [2.45, 2.75) is 45.6 Å². The molecule has 3 aromatic heterocycles. The van der Waals surface area contributed by atoms with Crippen LogP contribution in [0.2, 0.25) is 0 Å². The van der Waals surface area contributed by atoms with Gasteiger partial charge in [-0.25, -0.2) is 9.50 Å². The molecule has 2 fully saturated rings. The van der Waals surface area contributed by atoms with E-state index in [4.69, 9.17) is 10.1 Å². The molecule has 0 amide bonds. The second kappa shape index (κ2) is 8.80. The number of hydrogen-bond donors (Lipinski definition) is 0. The second-order valence-corrected chi connectivity index (χ2v) is 9.74. The number of piperidine rings is 1. The summed E-state index contributed by atoms with van der Waals surface area (Å²) in [6.07, 6.45) is 8.65. The molecule has 174 valence electrons. The fourth-order valence-corrected chi connectivity index (χ4v) is 5.66. The molecule has 0 radical (unpaired) electrons. The molecule has 0 aliphatic carbocycles. The summed E-state index contributed by atoms with van der Waals surface area (Å²) >= 11 is 0. The number of nitrogens with zero attached hydrogens (tertiary/aromatic N) is 7. The van der Waals surface area contributed by atoms with Crippen molar-refractivity contribution in [2.75, 3.05) is 31.1 Å². The normalized spacial score (nSPS) is 17.6. The van der Waals surface area contributed by atoms with Crippen LogP contribution >= 0.6 is 0 Å². The molecular weight excluding hydrogens is 422 g/mol. The van der Waals surface area contributed by atoms with E-state index in [-0.39, 0.29) is 0 Å². The minimum absolute atomic E-state index is 0.727. The minimum atomic E-state index is 0.727. The van der Waals surface area contributed by atoms with Crippen molar-refractivity contribution in [2.24, 2.45) is 0 Å². The summed E-state index contributed by atoms with van der Waals surface area (Å²) in [4.78, 5) is 10.1. The molecule has 2 saturated heterocycles. The summed E-state index contributed by atoms with van der Waals surface area (Å²) < 4.78 is 1.99. The van der Waals surface area contributed by atoms with Crippen LogP contribution in [0.25, 0.3) is 28.2 Å². The fraction of sp³-hybridized carbons (Fsp3) is 0.407. The van der Waals surface area contributed by atoms with Crippen LogP contribution in [0.4, 0.5) is 5.82 Å². The van der Waals surface area contributed by atoms with Crippen LogP contribution in [0.1, 0.15) is 36.8 Å². The van der Waals surface area contributed by atoms with Gasteiger partial charge >= 0.3 is 0 Å². The van der Waals surface area contributed by atoms with E-state index in [0.29, 0.717) is 0 Å². The average Bonchev–Trinajstić information content (AvgIpc) is 3.52. The van der Waals surface area contributed by atoms with Crippen LogP contribution in [0.3, 0.4) is 0 Å². The van der Waals surface area contributed by atoms with E-state index in [1.165, 1.54) is 49.9 Å². The standard InChI is InChI=1S/C27H31N7/c1-19-15-20(2)17-22(16-19)26-27(21-7-10-28-29-18-21)34-24(30-26)5-6-25(31-34)33-13-8-23(9-14-33)32-11-3-4-12-32/h5-7,10,15-18,23H,3-4,8-9,11-14H2,1-2H3. The van der Waals surface area contributed by atoms with Crippen LogP contribution in [-0.4, -0.2) is 61.9 Å². The number of aryl methyl sites for hydroxylation is 2. The topological polar surface area (TPSA) is 62.5 Å². The molecule has 0 N–H and O–H groups in total. The molecule has 34 heavy (non-hydrogen) atoms. The van der Waals surface area contributed by atoms with E-state index in [1.54, 1.807) is 12.4 Å². The maximum atomic E-state index is 5.11. The number of hydrogen-bond acceptors (Lipinski definition) is 6. The Hall–Kier alpha value is -3.32. The van der Waals surface area contributed by atoms with Gasteiger partial charge in [-0.15, -0.1) is 5.10 Å². The van der Waals surface area contributed by atoms with Crippen molar-refractivity contribution in [3.8, 4) is 22.5 Å². The fourth-order valence-electron chi connectivity index (χ4n) is 5.66. The van der Waals surface area contributed by atoms with Crippen LogP contribution in [0.5, 0.6) is 0 Å². The highest BCUT2D eigenvalue weighted by molar-refractivity contribution is 5.82. The van der Waals surface area contributed by atoms with Gasteiger partial charge in [-0.1, -0.05) is 17.2 Å². The van der Waals surface area contributed by atoms with Crippen LogP contribution in [0.15, 0.2) is 48.8 Å². The molecular formula is C27H31N7. The predicted molar refractivity (Wildman–Crippen MR) is 135 cm³/mol. The maximum Gasteiger partial charge on any atom is 0.155 e. The first-order valence-electron chi connectivity index (χ1n) is 12.4. The summed E-state index contributed by atoms with van der Waals surface area (Å²) in [7, 11) is 0. The molecule has 6 rings (SSSR count). The summed E-state index contributed by atoms with van der Waals surface area (Å²) in [6.45, 7) is 8.89. The van der Waals surface area contributed by atoms with Crippen LogP contribution in [0, 0.1) is 13.8 Å². The van der Waals surface area contributed by atoms with Gasteiger partial charge in [0.25, 0.3) is 0 Å². The Morgan fingerprint density at radius 3 is 2.29 bits per heavy atom. The molecule has 0 atom stereocenters. The largest absolute Gasteiger partial charge is 0.355 e. The molecule has 1 aromatic carbocycles. The third-order valence-corrected chi connectivity index (χ3v) is 7.26. The van der Waals surface area contributed by atoms with E-state index in [0.717, 1.165) is 53.1 Å². The molecule has 2 aliphatic rings. The first-order chi connectivity index (χ1) is 16.7. The molecule has 7 heteroatoms. The number of fused-ring (bicyclic) bond motifs is 1. The number of benzene rings is 1. The Balaban J connectivity index is 1.39. The van der Waals surface area contributed by atoms with E-state index in [1.807, 2.05) is 10.6 Å². The van der Waals surface area contributed by atoms with Crippen molar-refractivity contribution in [3.05, 3.63) is 59.9 Å². The Kier molecular flexibility index (Phi) is 5.49. The lowest BCUT2D eigenvalue weighted by Crippen LogP contribution is -2.44. The van der Waals surface area contributed by atoms with Gasteiger partial charge in [0, 0.05) is 30.3 Å². The summed E-state index contributed by atoms with van der Waals surface area (Å²) in [5.41, 5.74) is 7.25. The maximum absolute atomic E-state index is 5.11. The van der Waals surface area contributed by atoms with E-state index in [9.17, 15) is 0 Å². The first kappa shape index (κ1) is 21.2. The van der Waals surface area contributed by atoms with Crippen molar-refractivity contribution in [1.29, 1.82) is 0 Å². The first-order valence-corrected chi connectivity index (χ1v) is 12.4. The quantitative estimate of drug-likeness (QED) is 0.452. The van der Waals surface area contributed by atoms with Crippen LogP contribution < -0.4 is 4.90 Å². The molecule has 0 unspecified atom stereocenters. The SMILES string of the molecule is Cc1cc(C)cc(-c2nc3ccc(N4CCC(N5CCCC5)CC4)nn3c2-c2ccnnc2)c1. The molecule has 4 aromatic rings. The summed E-state index contributed by atoms with van der Waals surface area (Å²) in [5.74, 6) is 1.01.